The number of likely N-dealkylation sites (tertiary alicyclic amines) is 1. The van der Waals surface area contributed by atoms with Gasteiger partial charge in [0, 0.05) is 48.1 Å². The normalized spacial score (nSPS) is 16.6. The topological polar surface area (TPSA) is 113 Å². The summed E-state index contributed by atoms with van der Waals surface area (Å²) in [6.45, 7) is 4.28. The summed E-state index contributed by atoms with van der Waals surface area (Å²) >= 11 is 5.80. The number of rotatable bonds is 12. The lowest BCUT2D eigenvalue weighted by Gasteiger charge is -2.32. The van der Waals surface area contributed by atoms with Crippen molar-refractivity contribution in [2.45, 2.75) is 64.8 Å². The minimum absolute atomic E-state index is 0.0141. The van der Waals surface area contributed by atoms with E-state index in [0.717, 1.165) is 62.3 Å². The van der Waals surface area contributed by atoms with Crippen LogP contribution in [0.3, 0.4) is 0 Å². The van der Waals surface area contributed by atoms with Crippen molar-refractivity contribution in [3.8, 4) is 17.6 Å². The van der Waals surface area contributed by atoms with Gasteiger partial charge in [-0.05, 0) is 86.7 Å². The molecule has 244 valence electrons. The number of benzene rings is 2. The first kappa shape index (κ1) is 32.4. The number of imidazole rings is 1. The van der Waals surface area contributed by atoms with Crippen molar-refractivity contribution >= 4 is 34.3 Å². The van der Waals surface area contributed by atoms with Gasteiger partial charge < -0.3 is 19.1 Å². The lowest BCUT2D eigenvalue weighted by molar-refractivity contribution is -0.131. The molecule has 1 N–H and O–H groups in total. The second-order valence-electron chi connectivity index (χ2n) is 12.4. The monoisotopic (exact) mass is 661 g/mol. The minimum atomic E-state index is -1.03. The average Bonchev–Trinajstić information content (AvgIpc) is 3.72. The van der Waals surface area contributed by atoms with Crippen LogP contribution in [0.2, 0.25) is 5.02 Å². The summed E-state index contributed by atoms with van der Waals surface area (Å²) in [5.41, 5.74) is 2.70. The Balaban J connectivity index is 1.12. The number of carboxylic acid groups (broad SMARTS) is 1. The Hall–Kier alpha value is -4.53. The lowest BCUT2D eigenvalue weighted by Crippen LogP contribution is -2.38. The van der Waals surface area contributed by atoms with Crippen LogP contribution in [0.5, 0.6) is 11.5 Å². The molecule has 0 atom stereocenters. The first-order valence-corrected chi connectivity index (χ1v) is 15.9. The van der Waals surface area contributed by atoms with E-state index in [0.29, 0.717) is 42.2 Å². The van der Waals surface area contributed by atoms with Crippen LogP contribution in [0.1, 0.15) is 56.1 Å². The molecule has 1 aliphatic carbocycles. The number of halogens is 3. The molecule has 12 heteroatoms. The van der Waals surface area contributed by atoms with Gasteiger partial charge in [0.15, 0.2) is 17.2 Å². The van der Waals surface area contributed by atoms with Crippen LogP contribution in [0.25, 0.3) is 16.7 Å². The maximum atomic E-state index is 14.5. The molecule has 1 aliphatic heterocycles. The zero-order valence-corrected chi connectivity index (χ0v) is 26.6. The standard InChI is InChI=1S/C35H34ClF2N5O4/c1-22(16-33(44)45)29-5-6-30-34(41-29)43(21-35(10-11-35)12-13-39)32(40-30)19-42-14-8-25(9-15-42)47-26-3-4-27(37)23(17-26)20-46-31-7-2-24(36)18-28(31)38/h2-7,16-18,25H,8-12,14-15,19-21H2,1H3,(H,44,45)/b22-16+. The average molecular weight is 662 g/mol. The van der Waals surface area contributed by atoms with Gasteiger partial charge in [-0.3, -0.25) is 4.90 Å². The van der Waals surface area contributed by atoms with Crippen molar-refractivity contribution in [3.63, 3.8) is 0 Å². The highest BCUT2D eigenvalue weighted by molar-refractivity contribution is 6.30. The molecule has 0 unspecified atom stereocenters. The number of aliphatic carboxylic acids is 1. The molecule has 1 saturated heterocycles. The van der Waals surface area contributed by atoms with Gasteiger partial charge in [-0.25, -0.2) is 23.5 Å². The molecule has 4 aromatic rings. The van der Waals surface area contributed by atoms with Gasteiger partial charge >= 0.3 is 5.97 Å². The minimum Gasteiger partial charge on any atom is -0.490 e. The number of hydrogen-bond donors (Lipinski definition) is 1. The first-order valence-electron chi connectivity index (χ1n) is 15.5. The fraction of sp³-hybridized carbons (Fsp3) is 0.371. The van der Waals surface area contributed by atoms with Gasteiger partial charge in [-0.2, -0.15) is 5.26 Å². The summed E-state index contributed by atoms with van der Waals surface area (Å²) in [6, 6.07) is 14.5. The Bertz CT molecular complexity index is 1880. The smallest absolute Gasteiger partial charge is 0.328 e. The van der Waals surface area contributed by atoms with Crippen LogP contribution in [0, 0.1) is 28.4 Å². The summed E-state index contributed by atoms with van der Waals surface area (Å²) in [4.78, 5) is 23.3. The number of nitrogens with zero attached hydrogens (tertiary/aromatic N) is 5. The molecule has 2 aromatic heterocycles. The van der Waals surface area contributed by atoms with Crippen LogP contribution in [-0.4, -0.2) is 49.7 Å². The number of pyridine rings is 1. The van der Waals surface area contributed by atoms with Crippen molar-refractivity contribution in [2.75, 3.05) is 13.1 Å². The van der Waals surface area contributed by atoms with E-state index in [2.05, 4.69) is 15.5 Å². The summed E-state index contributed by atoms with van der Waals surface area (Å²) < 4.78 is 42.5. The van der Waals surface area contributed by atoms with Crippen molar-refractivity contribution in [1.82, 2.24) is 19.4 Å². The molecular weight excluding hydrogens is 628 g/mol. The van der Waals surface area contributed by atoms with Crippen molar-refractivity contribution < 1.29 is 28.2 Å². The van der Waals surface area contributed by atoms with Gasteiger partial charge in [-0.1, -0.05) is 11.6 Å². The van der Waals surface area contributed by atoms with E-state index < -0.39 is 17.6 Å². The lowest BCUT2D eigenvalue weighted by atomic mass is 10.0. The van der Waals surface area contributed by atoms with E-state index in [9.17, 15) is 23.9 Å². The number of allylic oxidation sites excluding steroid dienone is 1. The molecule has 2 aliphatic rings. The van der Waals surface area contributed by atoms with Crippen LogP contribution >= 0.6 is 11.6 Å². The maximum absolute atomic E-state index is 14.5. The zero-order chi connectivity index (χ0) is 33.1. The molecule has 9 nitrogen and oxygen atoms in total. The zero-order valence-electron chi connectivity index (χ0n) is 25.9. The van der Waals surface area contributed by atoms with Crippen LogP contribution in [0.15, 0.2) is 54.6 Å². The Morgan fingerprint density at radius 2 is 1.91 bits per heavy atom. The van der Waals surface area contributed by atoms with Crippen molar-refractivity contribution in [2.24, 2.45) is 5.41 Å². The second kappa shape index (κ2) is 13.7. The van der Waals surface area contributed by atoms with E-state index in [-0.39, 0.29) is 34.5 Å². The Kier molecular flexibility index (Phi) is 9.43. The van der Waals surface area contributed by atoms with Crippen molar-refractivity contribution in [3.05, 3.63) is 88.3 Å². The molecule has 0 spiro atoms. The third-order valence-corrected chi connectivity index (χ3v) is 9.05. The Morgan fingerprint density at radius 1 is 1.13 bits per heavy atom. The first-order chi connectivity index (χ1) is 22.6. The molecule has 0 bridgehead atoms. The number of carboxylic acids is 1. The fourth-order valence-electron chi connectivity index (χ4n) is 5.95. The van der Waals surface area contributed by atoms with E-state index in [1.807, 2.05) is 6.07 Å². The summed E-state index contributed by atoms with van der Waals surface area (Å²) in [5, 5.41) is 18.9. The molecule has 1 saturated carbocycles. The molecule has 47 heavy (non-hydrogen) atoms. The van der Waals surface area contributed by atoms with Crippen molar-refractivity contribution in [1.29, 1.82) is 5.26 Å². The molecule has 0 radical (unpaired) electrons. The highest BCUT2D eigenvalue weighted by Gasteiger charge is 2.43. The number of fused-ring (bicyclic) bond motifs is 1. The van der Waals surface area contributed by atoms with Crippen LogP contribution in [0.4, 0.5) is 8.78 Å². The number of hydrogen-bond acceptors (Lipinski definition) is 7. The number of nitriles is 1. The second-order valence-corrected chi connectivity index (χ2v) is 12.8. The number of piperidine rings is 1. The number of aromatic nitrogens is 3. The number of ether oxygens (including phenoxy) is 2. The van der Waals surface area contributed by atoms with Crippen LogP contribution < -0.4 is 9.47 Å². The molecular formula is C35H34ClF2N5O4. The Labute approximate surface area is 276 Å². The third kappa shape index (κ3) is 7.72. The quantitative estimate of drug-likeness (QED) is 0.159. The van der Waals surface area contributed by atoms with E-state index in [4.69, 9.17) is 31.0 Å². The predicted octanol–water partition coefficient (Wildman–Crippen LogP) is 7.17. The molecule has 0 amide bonds. The van der Waals surface area contributed by atoms with E-state index in [1.54, 1.807) is 25.1 Å². The van der Waals surface area contributed by atoms with Gasteiger partial charge in [0.1, 0.15) is 35.6 Å². The molecule has 6 rings (SSSR count). The third-order valence-electron chi connectivity index (χ3n) is 8.82. The summed E-state index contributed by atoms with van der Waals surface area (Å²) in [5.74, 6) is -0.763. The largest absolute Gasteiger partial charge is 0.490 e. The highest BCUT2D eigenvalue weighted by atomic mass is 35.5. The highest BCUT2D eigenvalue weighted by Crippen LogP contribution is 2.50. The van der Waals surface area contributed by atoms with Crippen LogP contribution in [-0.2, 0) is 24.5 Å². The van der Waals surface area contributed by atoms with Gasteiger partial charge in [0.2, 0.25) is 0 Å². The molecule has 3 heterocycles. The molecule has 2 fully saturated rings. The molecule has 2 aromatic carbocycles. The van der Waals surface area contributed by atoms with E-state index in [1.165, 1.54) is 18.2 Å². The van der Waals surface area contributed by atoms with E-state index >= 15 is 0 Å². The SMILES string of the molecule is C/C(=C\C(=O)O)c1ccc2nc(CN3CCC(Oc4ccc(F)c(COc5ccc(Cl)cc5F)c4)CC3)n(CC3(CC#N)CC3)c2n1. The van der Waals surface area contributed by atoms with Gasteiger partial charge in [0.25, 0.3) is 0 Å². The Morgan fingerprint density at radius 3 is 2.62 bits per heavy atom. The summed E-state index contributed by atoms with van der Waals surface area (Å²) in [6.07, 6.45) is 4.96. The number of carbonyl (C=O) groups is 1. The summed E-state index contributed by atoms with van der Waals surface area (Å²) in [7, 11) is 0. The van der Waals surface area contributed by atoms with Gasteiger partial charge in [-0.15, -0.1) is 0 Å². The fourth-order valence-corrected chi connectivity index (χ4v) is 6.10. The maximum Gasteiger partial charge on any atom is 0.328 e. The van der Waals surface area contributed by atoms with Gasteiger partial charge in [0.05, 0.1) is 18.3 Å². The predicted molar refractivity (Wildman–Crippen MR) is 172 cm³/mol.